The van der Waals surface area contributed by atoms with Gasteiger partial charge in [0, 0.05) is 38.1 Å². The Hall–Kier alpha value is -3.41. The summed E-state index contributed by atoms with van der Waals surface area (Å²) in [5, 5.41) is 3.27. The van der Waals surface area contributed by atoms with E-state index in [0.29, 0.717) is 25.3 Å². The van der Waals surface area contributed by atoms with E-state index in [-0.39, 0.29) is 5.91 Å². The summed E-state index contributed by atoms with van der Waals surface area (Å²) < 4.78 is 0. The molecule has 1 aromatic carbocycles. The highest BCUT2D eigenvalue weighted by atomic mass is 16.2. The summed E-state index contributed by atoms with van der Waals surface area (Å²) in [4.78, 5) is 25.6. The van der Waals surface area contributed by atoms with E-state index in [4.69, 9.17) is 0 Å². The number of nitrogens with zero attached hydrogens (tertiary/aromatic N) is 4. The quantitative estimate of drug-likeness (QED) is 0.745. The Bertz CT molecular complexity index is 891. The van der Waals surface area contributed by atoms with E-state index in [0.717, 1.165) is 24.5 Å². The van der Waals surface area contributed by atoms with Crippen molar-refractivity contribution in [3.05, 3.63) is 84.4 Å². The third-order valence-electron chi connectivity index (χ3n) is 4.87. The highest BCUT2D eigenvalue weighted by Gasteiger charge is 2.23. The lowest BCUT2D eigenvalue weighted by Gasteiger charge is -2.36. The summed E-state index contributed by atoms with van der Waals surface area (Å²) >= 11 is 0. The topological polar surface area (TPSA) is 61.4 Å². The molecular formula is C22H23N5O. The second kappa shape index (κ2) is 8.52. The Morgan fingerprint density at radius 1 is 0.893 bits per heavy atom. The standard InChI is InChI=1S/C22H23N5O/c28-22(27-14-12-26(13-15-27)20-7-2-1-3-8-20)21-10-9-19(17-25-21)24-16-18-6-4-5-11-23-18/h1-11,17,24H,12-16H2. The molecule has 1 fully saturated rings. The minimum Gasteiger partial charge on any atom is -0.378 e. The number of aromatic nitrogens is 2. The van der Waals surface area contributed by atoms with E-state index < -0.39 is 0 Å². The van der Waals surface area contributed by atoms with Crippen molar-refractivity contribution in [3.8, 4) is 0 Å². The van der Waals surface area contributed by atoms with Crippen LogP contribution in [0.25, 0.3) is 0 Å². The number of pyridine rings is 2. The predicted molar refractivity (Wildman–Crippen MR) is 110 cm³/mol. The Labute approximate surface area is 164 Å². The molecule has 0 atom stereocenters. The number of nitrogens with one attached hydrogen (secondary N) is 1. The lowest BCUT2D eigenvalue weighted by atomic mass is 10.2. The van der Waals surface area contributed by atoms with Gasteiger partial charge in [-0.05, 0) is 36.4 Å². The van der Waals surface area contributed by atoms with Crippen molar-refractivity contribution in [1.82, 2.24) is 14.9 Å². The molecule has 4 rings (SSSR count). The van der Waals surface area contributed by atoms with Crippen LogP contribution < -0.4 is 10.2 Å². The molecule has 1 N–H and O–H groups in total. The lowest BCUT2D eigenvalue weighted by molar-refractivity contribution is 0.0741. The normalized spacial score (nSPS) is 14.0. The lowest BCUT2D eigenvalue weighted by Crippen LogP contribution is -2.49. The molecule has 6 nitrogen and oxygen atoms in total. The number of hydrogen-bond donors (Lipinski definition) is 1. The fourth-order valence-corrected chi connectivity index (χ4v) is 3.29. The molecule has 0 aliphatic carbocycles. The van der Waals surface area contributed by atoms with Crippen LogP contribution in [0.15, 0.2) is 73.1 Å². The van der Waals surface area contributed by atoms with Crippen molar-refractivity contribution < 1.29 is 4.79 Å². The van der Waals surface area contributed by atoms with Gasteiger partial charge in [0.2, 0.25) is 0 Å². The number of hydrogen-bond acceptors (Lipinski definition) is 5. The number of carbonyl (C=O) groups is 1. The van der Waals surface area contributed by atoms with Gasteiger partial charge >= 0.3 is 0 Å². The van der Waals surface area contributed by atoms with Gasteiger partial charge < -0.3 is 15.1 Å². The SMILES string of the molecule is O=C(c1ccc(NCc2ccccn2)cn1)N1CCN(c2ccccc2)CC1. The largest absolute Gasteiger partial charge is 0.378 e. The molecule has 142 valence electrons. The van der Waals surface area contributed by atoms with Crippen molar-refractivity contribution in [2.24, 2.45) is 0 Å². The summed E-state index contributed by atoms with van der Waals surface area (Å²) in [6.45, 7) is 3.69. The number of benzene rings is 1. The first kappa shape index (κ1) is 18.0. The average molecular weight is 373 g/mol. The maximum absolute atomic E-state index is 12.7. The van der Waals surface area contributed by atoms with Crippen LogP contribution in [0.4, 0.5) is 11.4 Å². The highest BCUT2D eigenvalue weighted by molar-refractivity contribution is 5.92. The molecule has 0 unspecified atom stereocenters. The molecule has 0 saturated carbocycles. The molecule has 3 heterocycles. The van der Waals surface area contributed by atoms with Gasteiger partial charge in [-0.25, -0.2) is 4.98 Å². The first-order chi connectivity index (χ1) is 13.8. The number of carbonyl (C=O) groups excluding carboxylic acids is 1. The van der Waals surface area contributed by atoms with Crippen LogP contribution in [-0.4, -0.2) is 47.0 Å². The van der Waals surface area contributed by atoms with Crippen molar-refractivity contribution in [2.45, 2.75) is 6.54 Å². The van der Waals surface area contributed by atoms with Gasteiger partial charge in [-0.1, -0.05) is 24.3 Å². The fourth-order valence-electron chi connectivity index (χ4n) is 3.29. The Balaban J connectivity index is 1.31. The number of para-hydroxylation sites is 1. The molecular weight excluding hydrogens is 350 g/mol. The first-order valence-corrected chi connectivity index (χ1v) is 9.49. The summed E-state index contributed by atoms with van der Waals surface area (Å²) in [6, 6.07) is 19.8. The smallest absolute Gasteiger partial charge is 0.272 e. The Kier molecular flexibility index (Phi) is 5.47. The zero-order valence-corrected chi connectivity index (χ0v) is 15.7. The highest BCUT2D eigenvalue weighted by Crippen LogP contribution is 2.17. The molecule has 1 amide bonds. The second-order valence-electron chi connectivity index (χ2n) is 6.72. The van der Waals surface area contributed by atoms with Gasteiger partial charge in [0.05, 0.1) is 24.1 Å². The molecule has 0 radical (unpaired) electrons. The zero-order valence-electron chi connectivity index (χ0n) is 15.7. The molecule has 28 heavy (non-hydrogen) atoms. The van der Waals surface area contributed by atoms with Crippen molar-refractivity contribution >= 4 is 17.3 Å². The summed E-state index contributed by atoms with van der Waals surface area (Å²) in [7, 11) is 0. The van der Waals surface area contributed by atoms with Crippen LogP contribution in [-0.2, 0) is 6.54 Å². The zero-order chi connectivity index (χ0) is 19.2. The van der Waals surface area contributed by atoms with Crippen LogP contribution in [0.2, 0.25) is 0 Å². The third kappa shape index (κ3) is 4.28. The third-order valence-corrected chi connectivity index (χ3v) is 4.87. The molecule has 0 bridgehead atoms. The predicted octanol–water partition coefficient (Wildman–Crippen LogP) is 3.05. The summed E-state index contributed by atoms with van der Waals surface area (Å²) in [5.74, 6) is -0.0102. The molecule has 3 aromatic rings. The minimum atomic E-state index is -0.0102. The molecule has 1 aliphatic heterocycles. The van der Waals surface area contributed by atoms with Gasteiger partial charge in [-0.3, -0.25) is 9.78 Å². The molecule has 2 aromatic heterocycles. The second-order valence-corrected chi connectivity index (χ2v) is 6.72. The van der Waals surface area contributed by atoms with E-state index in [2.05, 4.69) is 32.3 Å². The fraction of sp³-hybridized carbons (Fsp3) is 0.227. The van der Waals surface area contributed by atoms with E-state index in [1.54, 1.807) is 18.5 Å². The first-order valence-electron chi connectivity index (χ1n) is 9.49. The monoisotopic (exact) mass is 373 g/mol. The van der Waals surface area contributed by atoms with Crippen LogP contribution >= 0.6 is 0 Å². The van der Waals surface area contributed by atoms with Crippen LogP contribution in [0.3, 0.4) is 0 Å². The van der Waals surface area contributed by atoms with Crippen LogP contribution in [0.1, 0.15) is 16.2 Å². The van der Waals surface area contributed by atoms with Gasteiger partial charge in [-0.15, -0.1) is 0 Å². The van der Waals surface area contributed by atoms with Crippen LogP contribution in [0, 0.1) is 0 Å². The maximum Gasteiger partial charge on any atom is 0.272 e. The van der Waals surface area contributed by atoms with Gasteiger partial charge in [-0.2, -0.15) is 0 Å². The van der Waals surface area contributed by atoms with Gasteiger partial charge in [0.15, 0.2) is 0 Å². The Morgan fingerprint density at radius 3 is 2.36 bits per heavy atom. The van der Waals surface area contributed by atoms with E-state index in [1.165, 1.54) is 5.69 Å². The number of rotatable bonds is 5. The maximum atomic E-state index is 12.7. The van der Waals surface area contributed by atoms with Crippen molar-refractivity contribution in [1.29, 1.82) is 0 Å². The summed E-state index contributed by atoms with van der Waals surface area (Å²) in [6.07, 6.45) is 3.48. The number of anilines is 2. The van der Waals surface area contributed by atoms with E-state index in [9.17, 15) is 4.79 Å². The number of amides is 1. The summed E-state index contributed by atoms with van der Waals surface area (Å²) in [5.41, 5.74) is 3.52. The average Bonchev–Trinajstić information content (AvgIpc) is 2.79. The molecule has 6 heteroatoms. The van der Waals surface area contributed by atoms with Crippen molar-refractivity contribution in [2.75, 3.05) is 36.4 Å². The van der Waals surface area contributed by atoms with Crippen LogP contribution in [0.5, 0.6) is 0 Å². The molecule has 0 spiro atoms. The minimum absolute atomic E-state index is 0.0102. The Morgan fingerprint density at radius 2 is 1.68 bits per heavy atom. The number of piperazine rings is 1. The van der Waals surface area contributed by atoms with Gasteiger partial charge in [0.25, 0.3) is 5.91 Å². The molecule has 1 aliphatic rings. The molecule has 1 saturated heterocycles. The van der Waals surface area contributed by atoms with Crippen molar-refractivity contribution in [3.63, 3.8) is 0 Å². The van der Waals surface area contributed by atoms with E-state index in [1.807, 2.05) is 47.4 Å². The van der Waals surface area contributed by atoms with Gasteiger partial charge in [0.1, 0.15) is 5.69 Å². The van der Waals surface area contributed by atoms with E-state index >= 15 is 0 Å².